The van der Waals surface area contributed by atoms with Crippen LogP contribution in [0.25, 0.3) is 0 Å². The zero-order valence-corrected chi connectivity index (χ0v) is 8.79. The zero-order chi connectivity index (χ0) is 10.6. The summed E-state index contributed by atoms with van der Waals surface area (Å²) in [5, 5.41) is 9.51. The number of ether oxygens (including phenoxy) is 1. The van der Waals surface area contributed by atoms with E-state index < -0.39 is 0 Å². The average molecular weight is 216 g/mol. The summed E-state index contributed by atoms with van der Waals surface area (Å²) >= 11 is 5.88. The van der Waals surface area contributed by atoms with Gasteiger partial charge in [-0.3, -0.25) is 0 Å². The molecule has 1 aromatic rings. The van der Waals surface area contributed by atoms with Crippen molar-refractivity contribution >= 4 is 17.3 Å². The van der Waals surface area contributed by atoms with E-state index in [-0.39, 0.29) is 6.10 Å². The lowest BCUT2D eigenvalue weighted by atomic mass is 10.3. The van der Waals surface area contributed by atoms with Gasteiger partial charge < -0.3 is 15.6 Å². The van der Waals surface area contributed by atoms with Gasteiger partial charge in [0, 0.05) is 12.1 Å². The van der Waals surface area contributed by atoms with Crippen LogP contribution in [0.1, 0.15) is 13.3 Å². The number of aliphatic hydroxyl groups is 1. The van der Waals surface area contributed by atoms with Crippen molar-refractivity contribution in [1.29, 1.82) is 0 Å². The maximum atomic E-state index is 9.01. The molecule has 0 saturated carbocycles. The molecule has 0 aliphatic heterocycles. The average Bonchev–Trinajstić information content (AvgIpc) is 2.08. The fourth-order valence-corrected chi connectivity index (χ4v) is 1.22. The minimum atomic E-state index is -0.359. The van der Waals surface area contributed by atoms with Crippen LogP contribution in [-0.2, 0) is 0 Å². The number of halogens is 1. The largest absolute Gasteiger partial charge is 0.492 e. The Balaban J connectivity index is 2.51. The zero-order valence-electron chi connectivity index (χ0n) is 8.03. The van der Waals surface area contributed by atoms with Crippen LogP contribution in [-0.4, -0.2) is 17.8 Å². The molecule has 0 aromatic heterocycles. The van der Waals surface area contributed by atoms with Crippen molar-refractivity contribution in [1.82, 2.24) is 0 Å². The Morgan fingerprint density at radius 3 is 2.86 bits per heavy atom. The third-order valence-electron chi connectivity index (χ3n) is 1.75. The predicted molar refractivity (Wildman–Crippen MR) is 57.7 cm³/mol. The molecule has 0 aliphatic carbocycles. The van der Waals surface area contributed by atoms with Crippen molar-refractivity contribution in [3.8, 4) is 5.75 Å². The highest BCUT2D eigenvalue weighted by Gasteiger charge is 2.02. The molecule has 0 heterocycles. The van der Waals surface area contributed by atoms with Crippen molar-refractivity contribution in [3.63, 3.8) is 0 Å². The van der Waals surface area contributed by atoms with Crippen LogP contribution in [0, 0.1) is 0 Å². The number of benzene rings is 1. The van der Waals surface area contributed by atoms with E-state index in [1.165, 1.54) is 0 Å². The summed E-state index contributed by atoms with van der Waals surface area (Å²) in [7, 11) is 0. The summed E-state index contributed by atoms with van der Waals surface area (Å²) in [6.45, 7) is 2.16. The number of hydrogen-bond donors (Lipinski definition) is 2. The van der Waals surface area contributed by atoms with Gasteiger partial charge in [0.1, 0.15) is 5.75 Å². The fraction of sp³-hybridized carbons (Fsp3) is 0.400. The lowest BCUT2D eigenvalue weighted by Gasteiger charge is -2.09. The molecule has 1 atom stereocenters. The normalized spacial score (nSPS) is 12.5. The molecule has 3 nitrogen and oxygen atoms in total. The van der Waals surface area contributed by atoms with Gasteiger partial charge in [0.2, 0.25) is 0 Å². The first-order chi connectivity index (χ1) is 6.59. The lowest BCUT2D eigenvalue weighted by Crippen LogP contribution is -2.07. The number of rotatable bonds is 4. The van der Waals surface area contributed by atoms with Crippen molar-refractivity contribution in [3.05, 3.63) is 23.2 Å². The molecule has 0 saturated heterocycles. The van der Waals surface area contributed by atoms with Gasteiger partial charge >= 0.3 is 0 Å². The molecule has 0 aliphatic rings. The fourth-order valence-electron chi connectivity index (χ4n) is 0.974. The van der Waals surface area contributed by atoms with Crippen LogP contribution in [0.4, 0.5) is 5.69 Å². The van der Waals surface area contributed by atoms with Gasteiger partial charge in [-0.05, 0) is 25.1 Å². The van der Waals surface area contributed by atoms with Gasteiger partial charge in [0.15, 0.2) is 0 Å². The van der Waals surface area contributed by atoms with E-state index in [9.17, 15) is 0 Å². The Labute approximate surface area is 88.4 Å². The van der Waals surface area contributed by atoms with Crippen molar-refractivity contribution < 1.29 is 9.84 Å². The van der Waals surface area contributed by atoms with Gasteiger partial charge in [-0.25, -0.2) is 0 Å². The quantitative estimate of drug-likeness (QED) is 0.757. The van der Waals surface area contributed by atoms with E-state index >= 15 is 0 Å². The topological polar surface area (TPSA) is 55.5 Å². The Bertz CT molecular complexity index is 302. The minimum absolute atomic E-state index is 0.359. The lowest BCUT2D eigenvalue weighted by molar-refractivity contribution is 0.155. The van der Waals surface area contributed by atoms with Crippen LogP contribution in [0.15, 0.2) is 18.2 Å². The van der Waals surface area contributed by atoms with Crippen molar-refractivity contribution in [2.24, 2.45) is 0 Å². The molecule has 3 N–H and O–H groups in total. The highest BCUT2D eigenvalue weighted by Crippen LogP contribution is 2.26. The molecular weight excluding hydrogens is 202 g/mol. The van der Waals surface area contributed by atoms with E-state index in [1.54, 1.807) is 25.1 Å². The molecule has 14 heavy (non-hydrogen) atoms. The second-order valence-corrected chi connectivity index (χ2v) is 3.58. The molecule has 0 radical (unpaired) electrons. The van der Waals surface area contributed by atoms with Crippen molar-refractivity contribution in [2.45, 2.75) is 19.4 Å². The molecule has 0 spiro atoms. The summed E-state index contributed by atoms with van der Waals surface area (Å²) in [4.78, 5) is 0. The molecule has 78 valence electrons. The molecule has 1 unspecified atom stereocenters. The van der Waals surface area contributed by atoms with Crippen LogP contribution >= 0.6 is 11.6 Å². The van der Waals surface area contributed by atoms with E-state index in [1.807, 2.05) is 0 Å². The first kappa shape index (κ1) is 11.1. The number of hydrogen-bond acceptors (Lipinski definition) is 3. The van der Waals surface area contributed by atoms with Crippen LogP contribution in [0.5, 0.6) is 5.75 Å². The molecule has 1 aromatic carbocycles. The smallest absolute Gasteiger partial charge is 0.138 e. The second-order valence-electron chi connectivity index (χ2n) is 3.18. The van der Waals surface area contributed by atoms with Crippen LogP contribution in [0.2, 0.25) is 5.02 Å². The Morgan fingerprint density at radius 1 is 1.57 bits per heavy atom. The highest BCUT2D eigenvalue weighted by atomic mass is 35.5. The minimum Gasteiger partial charge on any atom is -0.492 e. The SMILES string of the molecule is CC(O)CCOc1ccc(N)cc1Cl. The Morgan fingerprint density at radius 2 is 2.29 bits per heavy atom. The molecular formula is C10H14ClNO2. The molecule has 0 amide bonds. The van der Waals surface area contributed by atoms with E-state index in [0.717, 1.165) is 0 Å². The second kappa shape index (κ2) is 5.08. The third kappa shape index (κ3) is 3.44. The standard InChI is InChI=1S/C10H14ClNO2/c1-7(13)4-5-14-10-3-2-8(12)6-9(10)11/h2-3,6-7,13H,4-5,12H2,1H3. The van der Waals surface area contributed by atoms with Gasteiger partial charge in [-0.1, -0.05) is 11.6 Å². The van der Waals surface area contributed by atoms with Gasteiger partial charge in [0.05, 0.1) is 17.7 Å². The molecule has 0 fully saturated rings. The first-order valence-electron chi connectivity index (χ1n) is 4.45. The summed E-state index contributed by atoms with van der Waals surface area (Å²) in [6.07, 6.45) is 0.225. The molecule has 0 bridgehead atoms. The van der Waals surface area contributed by atoms with Gasteiger partial charge in [-0.2, -0.15) is 0 Å². The first-order valence-corrected chi connectivity index (χ1v) is 4.83. The van der Waals surface area contributed by atoms with Gasteiger partial charge in [0.25, 0.3) is 0 Å². The van der Waals surface area contributed by atoms with Crippen LogP contribution < -0.4 is 10.5 Å². The third-order valence-corrected chi connectivity index (χ3v) is 2.04. The number of nitrogens with two attached hydrogens (primary N) is 1. The number of nitrogen functional groups attached to an aromatic ring is 1. The summed E-state index contributed by atoms with van der Waals surface area (Å²) in [5.41, 5.74) is 6.13. The van der Waals surface area contributed by atoms with Crippen LogP contribution in [0.3, 0.4) is 0 Å². The predicted octanol–water partition coefficient (Wildman–Crippen LogP) is 2.07. The number of aliphatic hydroxyl groups excluding tert-OH is 1. The summed E-state index contributed by atoms with van der Waals surface area (Å²) in [6, 6.07) is 5.09. The highest BCUT2D eigenvalue weighted by molar-refractivity contribution is 6.32. The monoisotopic (exact) mass is 215 g/mol. The van der Waals surface area contributed by atoms with E-state index in [4.69, 9.17) is 27.2 Å². The molecule has 4 heteroatoms. The van der Waals surface area contributed by atoms with Gasteiger partial charge in [-0.15, -0.1) is 0 Å². The van der Waals surface area contributed by atoms with Crippen molar-refractivity contribution in [2.75, 3.05) is 12.3 Å². The molecule has 1 rings (SSSR count). The number of anilines is 1. The Hall–Kier alpha value is -0.930. The maximum absolute atomic E-state index is 9.01. The summed E-state index contributed by atoms with van der Waals surface area (Å²) < 4.78 is 5.36. The van der Waals surface area contributed by atoms with E-state index in [2.05, 4.69) is 0 Å². The summed E-state index contributed by atoms with van der Waals surface area (Å²) in [5.74, 6) is 0.599. The van der Waals surface area contributed by atoms with E-state index in [0.29, 0.717) is 29.5 Å². The maximum Gasteiger partial charge on any atom is 0.138 e. The Kier molecular flexibility index (Phi) is 4.04.